The van der Waals surface area contributed by atoms with Crippen molar-refractivity contribution in [2.24, 2.45) is 0 Å². The van der Waals surface area contributed by atoms with E-state index in [0.29, 0.717) is 30.3 Å². The molecule has 0 bridgehead atoms. The van der Waals surface area contributed by atoms with Gasteiger partial charge in [0.05, 0.1) is 46.0 Å². The van der Waals surface area contributed by atoms with Crippen molar-refractivity contribution in [2.45, 2.75) is 128 Å². The van der Waals surface area contributed by atoms with Crippen molar-refractivity contribution in [2.75, 3.05) is 40.9 Å². The van der Waals surface area contributed by atoms with E-state index < -0.39 is 32.7 Å². The summed E-state index contributed by atoms with van der Waals surface area (Å²) in [6.07, 6.45) is 43.7. The molecular weight excluding hydrogens is 687 g/mol. The first-order valence-corrected chi connectivity index (χ1v) is 21.2. The molecule has 0 aromatic heterocycles. The van der Waals surface area contributed by atoms with Crippen LogP contribution in [0.2, 0.25) is 0 Å². The van der Waals surface area contributed by atoms with Gasteiger partial charge in [0.1, 0.15) is 13.2 Å². The number of nitrogens with one attached hydrogen (secondary N) is 1. The summed E-state index contributed by atoms with van der Waals surface area (Å²) in [6, 6.07) is -0.950. The molecule has 0 aliphatic carbocycles. The Morgan fingerprint density at radius 2 is 1.34 bits per heavy atom. The number of rotatable bonds is 33. The number of allylic oxidation sites excluding steroid dienone is 13. The molecule has 10 heteroatoms. The van der Waals surface area contributed by atoms with Crippen LogP contribution in [0.5, 0.6) is 0 Å². The number of amides is 1. The van der Waals surface area contributed by atoms with Gasteiger partial charge in [-0.05, 0) is 64.2 Å². The van der Waals surface area contributed by atoms with Crippen LogP contribution in [0.3, 0.4) is 0 Å². The number of hydrogen-bond donors (Lipinski definition) is 4. The predicted molar refractivity (Wildman–Crippen MR) is 222 cm³/mol. The minimum absolute atomic E-state index is 0.0181. The third-order valence-electron chi connectivity index (χ3n) is 7.88. The van der Waals surface area contributed by atoms with E-state index in [2.05, 4.69) is 67.8 Å². The molecule has 0 fully saturated rings. The van der Waals surface area contributed by atoms with E-state index in [1.54, 1.807) is 12.2 Å². The second-order valence-corrected chi connectivity index (χ2v) is 15.6. The highest BCUT2D eigenvalue weighted by Gasteiger charge is 2.27. The molecule has 0 spiro atoms. The minimum Gasteiger partial charge on any atom is -0.389 e. The normalized spacial score (nSPS) is 16.2. The maximum Gasteiger partial charge on any atom is 0.472 e. The molecule has 1 amide bonds. The van der Waals surface area contributed by atoms with Gasteiger partial charge in [-0.15, -0.1) is 0 Å². The Morgan fingerprint density at radius 1 is 0.717 bits per heavy atom. The fourth-order valence-corrected chi connectivity index (χ4v) is 5.43. The zero-order valence-corrected chi connectivity index (χ0v) is 34.5. The fourth-order valence-electron chi connectivity index (χ4n) is 4.69. The number of likely N-dealkylation sites (N-methyl/N-ethyl adjacent to an activating group) is 1. The lowest BCUT2D eigenvalue weighted by Gasteiger charge is -2.25. The van der Waals surface area contributed by atoms with Crippen LogP contribution in [0.25, 0.3) is 0 Å². The molecule has 4 atom stereocenters. The van der Waals surface area contributed by atoms with E-state index in [0.717, 1.165) is 38.5 Å². The summed E-state index contributed by atoms with van der Waals surface area (Å²) >= 11 is 0. The Morgan fingerprint density at radius 3 is 2.02 bits per heavy atom. The number of aliphatic hydroxyl groups excluding tert-OH is 2. The Labute approximate surface area is 322 Å². The number of carbonyl (C=O) groups excluding carboxylic acids is 1. The lowest BCUT2D eigenvalue weighted by atomic mass is 10.1. The number of unbranched alkanes of at least 4 members (excludes halogenated alkanes) is 6. The number of carbonyl (C=O) groups is 1. The van der Waals surface area contributed by atoms with Crippen LogP contribution in [0.1, 0.15) is 110 Å². The van der Waals surface area contributed by atoms with Crippen LogP contribution in [0.4, 0.5) is 0 Å². The maximum atomic E-state index is 12.8. The predicted octanol–water partition coefficient (Wildman–Crippen LogP) is 9.37. The zero-order valence-electron chi connectivity index (χ0n) is 33.6. The van der Waals surface area contributed by atoms with Gasteiger partial charge in [-0.2, -0.15) is 0 Å². The zero-order chi connectivity index (χ0) is 39.5. The molecule has 9 nitrogen and oxygen atoms in total. The van der Waals surface area contributed by atoms with E-state index in [1.807, 2.05) is 57.6 Å². The molecular formula is C43H74N2O7P+. The third-order valence-corrected chi connectivity index (χ3v) is 8.87. The fraction of sp³-hybridized carbons (Fsp3) is 0.605. The molecule has 0 rings (SSSR count). The van der Waals surface area contributed by atoms with Crippen molar-refractivity contribution in [3.8, 4) is 0 Å². The smallest absolute Gasteiger partial charge is 0.389 e. The van der Waals surface area contributed by atoms with Gasteiger partial charge in [0.2, 0.25) is 5.91 Å². The van der Waals surface area contributed by atoms with Gasteiger partial charge in [-0.3, -0.25) is 13.8 Å². The van der Waals surface area contributed by atoms with Crippen molar-refractivity contribution < 1.29 is 38.0 Å². The summed E-state index contributed by atoms with van der Waals surface area (Å²) in [5.74, 6) is -0.337. The highest BCUT2D eigenvalue weighted by atomic mass is 31.2. The molecule has 0 aliphatic heterocycles. The highest BCUT2D eigenvalue weighted by Crippen LogP contribution is 2.43. The third kappa shape index (κ3) is 36.1. The molecule has 0 aliphatic rings. The summed E-state index contributed by atoms with van der Waals surface area (Å²) in [5.41, 5.74) is 0. The van der Waals surface area contributed by atoms with E-state index in [4.69, 9.17) is 9.05 Å². The van der Waals surface area contributed by atoms with Crippen molar-refractivity contribution >= 4 is 13.7 Å². The second kappa shape index (κ2) is 33.9. The quantitative estimate of drug-likeness (QED) is 0.0173. The van der Waals surface area contributed by atoms with Gasteiger partial charge < -0.3 is 24.9 Å². The molecule has 0 saturated heterocycles. The maximum absolute atomic E-state index is 12.8. The number of phosphoric ester groups is 1. The van der Waals surface area contributed by atoms with E-state index in [1.165, 1.54) is 32.1 Å². The molecule has 53 heavy (non-hydrogen) atoms. The van der Waals surface area contributed by atoms with Crippen LogP contribution in [0.15, 0.2) is 97.2 Å². The molecule has 0 radical (unpaired) electrons. The lowest BCUT2D eigenvalue weighted by molar-refractivity contribution is -0.870. The molecule has 2 unspecified atom stereocenters. The summed E-state index contributed by atoms with van der Waals surface area (Å²) in [6.45, 7) is 4.46. The van der Waals surface area contributed by atoms with Crippen LogP contribution in [-0.4, -0.2) is 84.6 Å². The van der Waals surface area contributed by atoms with Crippen LogP contribution >= 0.6 is 7.82 Å². The Bertz CT molecular complexity index is 1200. The van der Waals surface area contributed by atoms with Gasteiger partial charge in [-0.25, -0.2) is 4.57 Å². The monoisotopic (exact) mass is 762 g/mol. The standard InChI is InChI=1S/C43H73N2O7P/c1-6-8-10-12-14-16-18-19-21-22-24-26-29-33-40(46)34-30-28-32-36-43(48)44-41(39-52-53(49,50)51-38-37-45(3,4)5)42(47)35-31-27-25-23-20-17-15-13-11-9-7-2/h8,10,14,16,19-21,23-24,26,28-31,33,35,40-42,46-47H,6-7,9,11-13,15,17-18,22,25,27,32,34,36-39H2,1-5H3,(H-,44,48,49,50)/p+1/b10-8-,16-14-,21-19-,23-20-,26-24-,30-28-,33-29-,35-31+/t40?,41-,42+/m0/s1. The number of phosphoric acid groups is 1. The molecule has 302 valence electrons. The SMILES string of the molecule is CC/C=C\C/C=C\C/C=C\C/C=C\C=C/C(O)C/C=C\CCC(=O)N[C@@H](COP(=O)(O)OCC[N+](C)(C)C)[C@H](O)/C=C/CC/C=C\CCCCCCC. The number of quaternary nitrogens is 1. The highest BCUT2D eigenvalue weighted by molar-refractivity contribution is 7.47. The Hall–Kier alpha value is -2.62. The molecule has 0 saturated carbocycles. The van der Waals surface area contributed by atoms with E-state index in [-0.39, 0.29) is 18.9 Å². The Kier molecular flexibility index (Phi) is 32.2. The van der Waals surface area contributed by atoms with Crippen LogP contribution < -0.4 is 5.32 Å². The van der Waals surface area contributed by atoms with Crippen molar-refractivity contribution in [3.05, 3.63) is 97.2 Å². The first kappa shape index (κ1) is 50.4. The van der Waals surface area contributed by atoms with Gasteiger partial charge >= 0.3 is 7.82 Å². The average molecular weight is 762 g/mol. The topological polar surface area (TPSA) is 125 Å². The first-order valence-electron chi connectivity index (χ1n) is 19.7. The molecule has 0 heterocycles. The van der Waals surface area contributed by atoms with Crippen molar-refractivity contribution in [3.63, 3.8) is 0 Å². The first-order chi connectivity index (χ1) is 25.4. The lowest BCUT2D eigenvalue weighted by Crippen LogP contribution is -2.45. The number of nitrogens with zero attached hydrogens (tertiary/aromatic N) is 1. The van der Waals surface area contributed by atoms with Crippen LogP contribution in [0, 0.1) is 0 Å². The molecule has 0 aromatic rings. The molecule has 0 aromatic carbocycles. The van der Waals surface area contributed by atoms with Crippen molar-refractivity contribution in [1.29, 1.82) is 0 Å². The molecule has 4 N–H and O–H groups in total. The summed E-state index contributed by atoms with van der Waals surface area (Å²) in [7, 11) is 1.42. The second-order valence-electron chi connectivity index (χ2n) is 14.1. The largest absolute Gasteiger partial charge is 0.472 e. The summed E-state index contributed by atoms with van der Waals surface area (Å²) in [5, 5.41) is 23.8. The Balaban J connectivity index is 4.79. The number of hydrogen-bond acceptors (Lipinski definition) is 6. The average Bonchev–Trinajstić information content (AvgIpc) is 3.10. The van der Waals surface area contributed by atoms with Crippen molar-refractivity contribution in [1.82, 2.24) is 5.32 Å². The van der Waals surface area contributed by atoms with Crippen LogP contribution in [-0.2, 0) is 18.4 Å². The van der Waals surface area contributed by atoms with Gasteiger partial charge in [0.25, 0.3) is 0 Å². The summed E-state index contributed by atoms with van der Waals surface area (Å²) < 4.78 is 23.3. The number of aliphatic hydroxyl groups is 2. The van der Waals surface area contributed by atoms with Gasteiger partial charge in [0, 0.05) is 6.42 Å². The summed E-state index contributed by atoms with van der Waals surface area (Å²) in [4.78, 5) is 23.0. The van der Waals surface area contributed by atoms with E-state index >= 15 is 0 Å². The minimum atomic E-state index is -4.39. The van der Waals surface area contributed by atoms with E-state index in [9.17, 15) is 24.5 Å². The van der Waals surface area contributed by atoms with Gasteiger partial charge in [0.15, 0.2) is 0 Å². The van der Waals surface area contributed by atoms with Gasteiger partial charge in [-0.1, -0.05) is 137 Å².